The SMILES string of the molecule is Cc1ccc(C(=O)Nc2ccccc2C(=O)O)o1. The Kier molecular flexibility index (Phi) is 3.14. The average Bonchev–Trinajstić information content (AvgIpc) is 2.76. The number of carboxylic acids is 1. The Bertz CT molecular complexity index is 601. The van der Waals surface area contributed by atoms with Crippen molar-refractivity contribution in [3.63, 3.8) is 0 Å². The van der Waals surface area contributed by atoms with Crippen LogP contribution in [0.1, 0.15) is 26.7 Å². The second kappa shape index (κ2) is 4.75. The molecule has 0 fully saturated rings. The van der Waals surface area contributed by atoms with E-state index in [0.29, 0.717) is 5.76 Å². The fourth-order valence-corrected chi connectivity index (χ4v) is 1.52. The van der Waals surface area contributed by atoms with Gasteiger partial charge in [-0.1, -0.05) is 12.1 Å². The summed E-state index contributed by atoms with van der Waals surface area (Å²) in [5.74, 6) is -0.808. The molecule has 2 rings (SSSR count). The lowest BCUT2D eigenvalue weighted by Gasteiger charge is -2.06. The minimum Gasteiger partial charge on any atom is -0.478 e. The monoisotopic (exact) mass is 245 g/mol. The Morgan fingerprint density at radius 1 is 1.17 bits per heavy atom. The summed E-state index contributed by atoms with van der Waals surface area (Å²) in [5.41, 5.74) is 0.276. The Balaban J connectivity index is 2.24. The molecule has 2 N–H and O–H groups in total. The topological polar surface area (TPSA) is 79.5 Å². The van der Waals surface area contributed by atoms with E-state index < -0.39 is 11.9 Å². The molecule has 1 heterocycles. The normalized spacial score (nSPS) is 10.1. The van der Waals surface area contributed by atoms with Crippen molar-refractivity contribution in [3.8, 4) is 0 Å². The number of benzene rings is 1. The molecule has 0 spiro atoms. The number of nitrogens with one attached hydrogen (secondary N) is 1. The van der Waals surface area contributed by atoms with Gasteiger partial charge in [0.2, 0.25) is 0 Å². The van der Waals surface area contributed by atoms with Crippen LogP contribution in [-0.2, 0) is 0 Å². The summed E-state index contributed by atoms with van der Waals surface area (Å²) < 4.78 is 5.16. The van der Waals surface area contributed by atoms with E-state index in [-0.39, 0.29) is 17.0 Å². The maximum absolute atomic E-state index is 11.8. The van der Waals surface area contributed by atoms with Gasteiger partial charge in [0, 0.05) is 0 Å². The molecule has 0 unspecified atom stereocenters. The Labute approximate surface area is 103 Å². The first-order chi connectivity index (χ1) is 8.58. The number of carbonyl (C=O) groups excluding carboxylic acids is 1. The summed E-state index contributed by atoms with van der Waals surface area (Å²) in [6.07, 6.45) is 0. The second-order valence-electron chi connectivity index (χ2n) is 3.72. The lowest BCUT2D eigenvalue weighted by atomic mass is 10.2. The third-order valence-electron chi connectivity index (χ3n) is 2.37. The van der Waals surface area contributed by atoms with Crippen LogP contribution in [0.2, 0.25) is 0 Å². The molecule has 0 saturated heterocycles. The summed E-state index contributed by atoms with van der Waals surface area (Å²) in [7, 11) is 0. The Morgan fingerprint density at radius 2 is 1.89 bits per heavy atom. The van der Waals surface area contributed by atoms with Gasteiger partial charge in [0.15, 0.2) is 5.76 Å². The van der Waals surface area contributed by atoms with E-state index in [1.54, 1.807) is 25.1 Å². The number of rotatable bonds is 3. The van der Waals surface area contributed by atoms with Crippen LogP contribution in [0.4, 0.5) is 5.69 Å². The number of furan rings is 1. The minimum absolute atomic E-state index is 0.0362. The fraction of sp³-hybridized carbons (Fsp3) is 0.0769. The van der Waals surface area contributed by atoms with Crippen LogP contribution in [0, 0.1) is 6.92 Å². The molecule has 1 amide bonds. The van der Waals surface area contributed by atoms with Crippen molar-refractivity contribution in [2.24, 2.45) is 0 Å². The molecule has 0 atom stereocenters. The number of aromatic carboxylic acids is 1. The lowest BCUT2D eigenvalue weighted by molar-refractivity contribution is 0.0698. The van der Waals surface area contributed by atoms with Gasteiger partial charge in [0.25, 0.3) is 5.91 Å². The van der Waals surface area contributed by atoms with Gasteiger partial charge in [-0.25, -0.2) is 4.79 Å². The predicted octanol–water partition coefficient (Wildman–Crippen LogP) is 2.54. The number of amides is 1. The zero-order valence-corrected chi connectivity index (χ0v) is 9.64. The van der Waals surface area contributed by atoms with E-state index in [4.69, 9.17) is 9.52 Å². The number of hydrogen-bond acceptors (Lipinski definition) is 3. The molecular weight excluding hydrogens is 234 g/mol. The van der Waals surface area contributed by atoms with Crippen molar-refractivity contribution in [1.29, 1.82) is 0 Å². The highest BCUT2D eigenvalue weighted by Crippen LogP contribution is 2.16. The van der Waals surface area contributed by atoms with E-state index in [0.717, 1.165) is 0 Å². The van der Waals surface area contributed by atoms with Crippen LogP contribution >= 0.6 is 0 Å². The zero-order chi connectivity index (χ0) is 13.1. The highest BCUT2D eigenvalue weighted by Gasteiger charge is 2.14. The minimum atomic E-state index is -1.10. The van der Waals surface area contributed by atoms with Crippen molar-refractivity contribution in [2.75, 3.05) is 5.32 Å². The molecule has 0 aliphatic heterocycles. The average molecular weight is 245 g/mol. The van der Waals surface area contributed by atoms with E-state index in [1.165, 1.54) is 18.2 Å². The first-order valence-corrected chi connectivity index (χ1v) is 5.28. The molecule has 5 nitrogen and oxygen atoms in total. The van der Waals surface area contributed by atoms with Crippen LogP contribution in [0.3, 0.4) is 0 Å². The number of carboxylic acid groups (broad SMARTS) is 1. The maximum atomic E-state index is 11.8. The number of hydrogen-bond donors (Lipinski definition) is 2. The van der Waals surface area contributed by atoms with Crippen LogP contribution in [0.15, 0.2) is 40.8 Å². The Hall–Kier alpha value is -2.56. The molecule has 5 heteroatoms. The Morgan fingerprint density at radius 3 is 2.50 bits per heavy atom. The van der Waals surface area contributed by atoms with Gasteiger partial charge in [-0.05, 0) is 31.2 Å². The molecule has 0 aliphatic rings. The molecule has 1 aromatic heterocycles. The van der Waals surface area contributed by atoms with Gasteiger partial charge in [0.05, 0.1) is 11.3 Å². The quantitative estimate of drug-likeness (QED) is 0.870. The fourth-order valence-electron chi connectivity index (χ4n) is 1.52. The van der Waals surface area contributed by atoms with E-state index in [2.05, 4.69) is 5.32 Å². The molecular formula is C13H11NO4. The third-order valence-corrected chi connectivity index (χ3v) is 2.37. The van der Waals surface area contributed by atoms with Crippen molar-refractivity contribution < 1.29 is 19.1 Å². The van der Waals surface area contributed by atoms with Crippen molar-refractivity contribution in [1.82, 2.24) is 0 Å². The number of carbonyl (C=O) groups is 2. The number of anilines is 1. The summed E-state index contributed by atoms with van der Waals surface area (Å²) in [5, 5.41) is 11.5. The van der Waals surface area contributed by atoms with Crippen LogP contribution in [-0.4, -0.2) is 17.0 Å². The number of aryl methyl sites for hydroxylation is 1. The van der Waals surface area contributed by atoms with Gasteiger partial charge in [-0.2, -0.15) is 0 Å². The molecule has 92 valence electrons. The van der Waals surface area contributed by atoms with Crippen LogP contribution in [0.5, 0.6) is 0 Å². The zero-order valence-electron chi connectivity index (χ0n) is 9.64. The smallest absolute Gasteiger partial charge is 0.337 e. The van der Waals surface area contributed by atoms with Crippen LogP contribution < -0.4 is 5.32 Å². The van der Waals surface area contributed by atoms with E-state index in [1.807, 2.05) is 0 Å². The third kappa shape index (κ3) is 2.40. The molecule has 0 saturated carbocycles. The van der Waals surface area contributed by atoms with Gasteiger partial charge in [-0.3, -0.25) is 4.79 Å². The van der Waals surface area contributed by atoms with Gasteiger partial charge in [0.1, 0.15) is 5.76 Å². The van der Waals surface area contributed by atoms with Gasteiger partial charge in [-0.15, -0.1) is 0 Å². The first kappa shape index (κ1) is 11.9. The van der Waals surface area contributed by atoms with E-state index in [9.17, 15) is 9.59 Å². The second-order valence-corrected chi connectivity index (χ2v) is 3.72. The molecule has 0 radical (unpaired) electrons. The summed E-state index contributed by atoms with van der Waals surface area (Å²) in [6.45, 7) is 1.72. The van der Waals surface area contributed by atoms with Gasteiger partial charge < -0.3 is 14.8 Å². The predicted molar refractivity (Wildman–Crippen MR) is 64.8 cm³/mol. The summed E-state index contributed by atoms with van der Waals surface area (Å²) in [6, 6.07) is 9.39. The lowest BCUT2D eigenvalue weighted by Crippen LogP contribution is -2.14. The highest BCUT2D eigenvalue weighted by molar-refractivity contribution is 6.06. The van der Waals surface area contributed by atoms with Gasteiger partial charge >= 0.3 is 5.97 Å². The van der Waals surface area contributed by atoms with Crippen molar-refractivity contribution >= 4 is 17.6 Å². The standard InChI is InChI=1S/C13H11NO4/c1-8-6-7-11(18-8)12(15)14-10-5-3-2-4-9(10)13(16)17/h2-7H,1H3,(H,14,15)(H,16,17). The molecule has 2 aromatic rings. The molecule has 0 aliphatic carbocycles. The number of para-hydroxylation sites is 1. The van der Waals surface area contributed by atoms with Crippen LogP contribution in [0.25, 0.3) is 0 Å². The summed E-state index contributed by atoms with van der Waals surface area (Å²) in [4.78, 5) is 22.8. The molecule has 18 heavy (non-hydrogen) atoms. The van der Waals surface area contributed by atoms with Crippen molar-refractivity contribution in [3.05, 3.63) is 53.5 Å². The molecule has 1 aromatic carbocycles. The molecule has 0 bridgehead atoms. The van der Waals surface area contributed by atoms with Crippen molar-refractivity contribution in [2.45, 2.75) is 6.92 Å². The van der Waals surface area contributed by atoms with E-state index >= 15 is 0 Å². The summed E-state index contributed by atoms with van der Waals surface area (Å²) >= 11 is 0. The maximum Gasteiger partial charge on any atom is 0.337 e. The highest BCUT2D eigenvalue weighted by atomic mass is 16.4. The largest absolute Gasteiger partial charge is 0.478 e. The first-order valence-electron chi connectivity index (χ1n) is 5.28.